The molecule has 1 amide bonds. The lowest BCUT2D eigenvalue weighted by Gasteiger charge is -2.13. The number of nitrogens with one attached hydrogen (secondary N) is 1. The highest BCUT2D eigenvalue weighted by Crippen LogP contribution is 1.91. The fourth-order valence-corrected chi connectivity index (χ4v) is 0.723. The first-order chi connectivity index (χ1) is 5.61. The summed E-state index contributed by atoms with van der Waals surface area (Å²) in [6.45, 7) is 3.63. The molecule has 2 atom stereocenters. The first kappa shape index (κ1) is 10.9. The van der Waals surface area contributed by atoms with Gasteiger partial charge in [0.05, 0.1) is 18.5 Å². The third-order valence-electron chi connectivity index (χ3n) is 1.56. The van der Waals surface area contributed by atoms with Crippen LogP contribution in [0.25, 0.3) is 0 Å². The lowest BCUT2D eigenvalue weighted by atomic mass is 10.2. The number of rotatable bonds is 4. The molecule has 0 heterocycles. The van der Waals surface area contributed by atoms with Crippen LogP contribution in [0.2, 0.25) is 0 Å². The Hall–Kier alpha value is -1.08. The van der Waals surface area contributed by atoms with E-state index in [0.717, 1.165) is 0 Å². The van der Waals surface area contributed by atoms with Crippen LogP contribution in [0.1, 0.15) is 26.7 Å². The molecule has 0 spiro atoms. The quantitative estimate of drug-likeness (QED) is 0.628. The molecule has 0 rings (SSSR count). The molecule has 0 saturated heterocycles. The van der Waals surface area contributed by atoms with Crippen molar-refractivity contribution in [1.82, 2.24) is 5.32 Å². The van der Waals surface area contributed by atoms with Crippen molar-refractivity contribution in [2.24, 2.45) is 5.73 Å². The molecule has 4 nitrogen and oxygen atoms in total. The zero-order valence-electron chi connectivity index (χ0n) is 7.50. The standard InChI is InChI=1S/C8H15N3O/c1-3-7(10)8(12)11-6(2)4-5-9/h6-7H,3-4,10H2,1-2H3,(H,11,12)/t6?,7-/m0/s1. The average Bonchev–Trinajstić information content (AvgIpc) is 2.03. The maximum absolute atomic E-state index is 11.1. The van der Waals surface area contributed by atoms with E-state index in [1.54, 1.807) is 6.92 Å². The monoisotopic (exact) mass is 169 g/mol. The topological polar surface area (TPSA) is 78.9 Å². The van der Waals surface area contributed by atoms with E-state index in [9.17, 15) is 4.79 Å². The van der Waals surface area contributed by atoms with E-state index >= 15 is 0 Å². The van der Waals surface area contributed by atoms with E-state index in [2.05, 4.69) is 5.32 Å². The van der Waals surface area contributed by atoms with E-state index in [0.29, 0.717) is 12.8 Å². The molecule has 0 aromatic heterocycles. The van der Waals surface area contributed by atoms with E-state index in [1.165, 1.54) is 0 Å². The van der Waals surface area contributed by atoms with Gasteiger partial charge < -0.3 is 11.1 Å². The Bertz CT molecular complexity index is 185. The Balaban J connectivity index is 3.77. The van der Waals surface area contributed by atoms with Crippen LogP contribution in [0.3, 0.4) is 0 Å². The summed E-state index contributed by atoms with van der Waals surface area (Å²) in [4.78, 5) is 11.1. The van der Waals surface area contributed by atoms with Crippen LogP contribution in [-0.2, 0) is 4.79 Å². The van der Waals surface area contributed by atoms with Crippen LogP contribution >= 0.6 is 0 Å². The van der Waals surface area contributed by atoms with E-state index in [1.807, 2.05) is 13.0 Å². The van der Waals surface area contributed by atoms with Gasteiger partial charge in [-0.25, -0.2) is 0 Å². The molecule has 0 saturated carbocycles. The molecule has 0 aliphatic rings. The molecule has 0 aliphatic carbocycles. The minimum absolute atomic E-state index is 0.111. The number of nitrogens with zero attached hydrogens (tertiary/aromatic N) is 1. The number of hydrogen-bond acceptors (Lipinski definition) is 3. The van der Waals surface area contributed by atoms with Gasteiger partial charge in [0.25, 0.3) is 0 Å². The second kappa shape index (κ2) is 5.56. The maximum Gasteiger partial charge on any atom is 0.237 e. The van der Waals surface area contributed by atoms with Crippen LogP contribution in [0, 0.1) is 11.3 Å². The molecule has 0 fully saturated rings. The average molecular weight is 169 g/mol. The van der Waals surface area contributed by atoms with Gasteiger partial charge in [0, 0.05) is 6.04 Å². The number of nitrogens with two attached hydrogens (primary N) is 1. The van der Waals surface area contributed by atoms with Gasteiger partial charge in [-0.15, -0.1) is 0 Å². The van der Waals surface area contributed by atoms with Crippen molar-refractivity contribution in [1.29, 1.82) is 5.26 Å². The zero-order chi connectivity index (χ0) is 9.56. The van der Waals surface area contributed by atoms with Crippen LogP contribution in [0.15, 0.2) is 0 Å². The molecule has 0 aromatic carbocycles. The Morgan fingerprint density at radius 3 is 2.75 bits per heavy atom. The maximum atomic E-state index is 11.1. The number of amides is 1. The Labute approximate surface area is 72.7 Å². The smallest absolute Gasteiger partial charge is 0.237 e. The molecule has 0 bridgehead atoms. The second-order valence-electron chi connectivity index (χ2n) is 2.79. The van der Waals surface area contributed by atoms with Crippen molar-refractivity contribution in [3.05, 3.63) is 0 Å². The van der Waals surface area contributed by atoms with Gasteiger partial charge in [0.2, 0.25) is 5.91 Å². The molecule has 68 valence electrons. The fraction of sp³-hybridized carbons (Fsp3) is 0.750. The third kappa shape index (κ3) is 3.94. The van der Waals surface area contributed by atoms with Gasteiger partial charge in [-0.05, 0) is 13.3 Å². The predicted octanol–water partition coefficient (Wildman–Crippen LogP) is 0.142. The van der Waals surface area contributed by atoms with Crippen LogP contribution < -0.4 is 11.1 Å². The van der Waals surface area contributed by atoms with Gasteiger partial charge in [-0.1, -0.05) is 6.92 Å². The number of carbonyl (C=O) groups is 1. The van der Waals surface area contributed by atoms with Gasteiger partial charge in [-0.3, -0.25) is 4.79 Å². The molecule has 0 aliphatic heterocycles. The Morgan fingerprint density at radius 2 is 2.33 bits per heavy atom. The van der Waals surface area contributed by atoms with Gasteiger partial charge in [0.15, 0.2) is 0 Å². The van der Waals surface area contributed by atoms with E-state index < -0.39 is 6.04 Å². The third-order valence-corrected chi connectivity index (χ3v) is 1.56. The van der Waals surface area contributed by atoms with E-state index in [-0.39, 0.29) is 11.9 Å². The summed E-state index contributed by atoms with van der Waals surface area (Å²) in [6.07, 6.45) is 0.938. The molecule has 0 radical (unpaired) electrons. The molecule has 3 N–H and O–H groups in total. The largest absolute Gasteiger partial charge is 0.351 e. The molecular weight excluding hydrogens is 154 g/mol. The first-order valence-electron chi connectivity index (χ1n) is 4.04. The highest BCUT2D eigenvalue weighted by Gasteiger charge is 2.12. The van der Waals surface area contributed by atoms with Gasteiger partial charge >= 0.3 is 0 Å². The van der Waals surface area contributed by atoms with Crippen molar-refractivity contribution in [3.8, 4) is 6.07 Å². The molecular formula is C8H15N3O. The van der Waals surface area contributed by atoms with Crippen molar-refractivity contribution in [2.75, 3.05) is 0 Å². The van der Waals surface area contributed by atoms with Crippen molar-refractivity contribution < 1.29 is 4.79 Å². The van der Waals surface area contributed by atoms with Crippen molar-refractivity contribution >= 4 is 5.91 Å². The van der Waals surface area contributed by atoms with E-state index in [4.69, 9.17) is 11.0 Å². The first-order valence-corrected chi connectivity index (χ1v) is 4.04. The molecule has 0 aromatic rings. The minimum Gasteiger partial charge on any atom is -0.351 e. The van der Waals surface area contributed by atoms with Crippen molar-refractivity contribution in [3.63, 3.8) is 0 Å². The Kier molecular flexibility index (Phi) is 5.06. The second-order valence-corrected chi connectivity index (χ2v) is 2.79. The summed E-state index contributed by atoms with van der Waals surface area (Å²) in [5.74, 6) is -0.180. The summed E-state index contributed by atoms with van der Waals surface area (Å²) in [7, 11) is 0. The lowest BCUT2D eigenvalue weighted by Crippen LogP contribution is -2.43. The SMILES string of the molecule is CC[C@H](N)C(=O)NC(C)CC#N. The van der Waals surface area contributed by atoms with Crippen molar-refractivity contribution in [2.45, 2.75) is 38.8 Å². The highest BCUT2D eigenvalue weighted by atomic mass is 16.2. The van der Waals surface area contributed by atoms with Crippen LogP contribution in [0.4, 0.5) is 0 Å². The molecule has 12 heavy (non-hydrogen) atoms. The van der Waals surface area contributed by atoms with Crippen LogP contribution in [-0.4, -0.2) is 18.0 Å². The van der Waals surface area contributed by atoms with Gasteiger partial charge in [-0.2, -0.15) is 5.26 Å². The minimum atomic E-state index is -0.453. The lowest BCUT2D eigenvalue weighted by molar-refractivity contribution is -0.122. The molecule has 1 unspecified atom stereocenters. The summed E-state index contributed by atoms with van der Waals surface area (Å²) in [6, 6.07) is 1.41. The van der Waals surface area contributed by atoms with Crippen LogP contribution in [0.5, 0.6) is 0 Å². The van der Waals surface area contributed by atoms with Gasteiger partial charge in [0.1, 0.15) is 0 Å². The predicted molar refractivity (Wildman–Crippen MR) is 46.1 cm³/mol. The Morgan fingerprint density at radius 1 is 1.75 bits per heavy atom. The normalized spacial score (nSPS) is 14.5. The summed E-state index contributed by atoms with van der Waals surface area (Å²) in [5, 5.41) is 11.0. The number of carbonyl (C=O) groups excluding carboxylic acids is 1. The summed E-state index contributed by atoms with van der Waals surface area (Å²) < 4.78 is 0. The number of hydrogen-bond donors (Lipinski definition) is 2. The highest BCUT2D eigenvalue weighted by molar-refractivity contribution is 5.81. The number of nitriles is 1. The zero-order valence-corrected chi connectivity index (χ0v) is 7.50. The fourth-order valence-electron chi connectivity index (χ4n) is 0.723. The molecule has 4 heteroatoms. The summed E-state index contributed by atoms with van der Waals surface area (Å²) in [5.41, 5.74) is 5.47. The summed E-state index contributed by atoms with van der Waals surface area (Å²) >= 11 is 0.